The van der Waals surface area contributed by atoms with Crippen LogP contribution in [-0.2, 0) is 6.61 Å². The van der Waals surface area contributed by atoms with Gasteiger partial charge >= 0.3 is 0 Å². The maximum Gasteiger partial charge on any atom is 0.287 e. The van der Waals surface area contributed by atoms with Crippen molar-refractivity contribution in [2.75, 3.05) is 0 Å². The number of oxazole rings is 1. The molecule has 1 aromatic carbocycles. The van der Waals surface area contributed by atoms with E-state index in [9.17, 15) is 9.90 Å². The zero-order valence-corrected chi connectivity index (χ0v) is 9.81. The summed E-state index contributed by atoms with van der Waals surface area (Å²) in [5.74, 6) is 0.292. The second-order valence-corrected chi connectivity index (χ2v) is 3.88. The second-order valence-electron chi connectivity index (χ2n) is 3.88. The third-order valence-corrected chi connectivity index (χ3v) is 2.66. The second kappa shape index (κ2) is 4.49. The summed E-state index contributed by atoms with van der Waals surface area (Å²) >= 11 is 0. The van der Waals surface area contributed by atoms with Gasteiger partial charge in [0, 0.05) is 11.5 Å². The van der Waals surface area contributed by atoms with Crippen LogP contribution < -0.4 is 10.4 Å². The third-order valence-electron chi connectivity index (χ3n) is 2.66. The molecule has 0 aliphatic heterocycles. The maximum atomic E-state index is 11.8. The highest BCUT2D eigenvalue weighted by Crippen LogP contribution is 2.21. The van der Waals surface area contributed by atoms with E-state index in [1.54, 1.807) is 24.3 Å². The van der Waals surface area contributed by atoms with Crippen LogP contribution in [0.5, 0.6) is 5.75 Å². The molecular formula is C13H10N2O4. The van der Waals surface area contributed by atoms with Crippen LogP contribution in [0.2, 0.25) is 0 Å². The summed E-state index contributed by atoms with van der Waals surface area (Å²) < 4.78 is 6.14. The van der Waals surface area contributed by atoms with Crippen LogP contribution in [0.3, 0.4) is 0 Å². The molecule has 1 N–H and O–H groups in total. The van der Waals surface area contributed by atoms with Gasteiger partial charge in [-0.05, 0) is 12.1 Å². The largest absolute Gasteiger partial charge is 0.507 e. The summed E-state index contributed by atoms with van der Waals surface area (Å²) in [6, 6.07) is 8.02. The van der Waals surface area contributed by atoms with Crippen LogP contribution in [-0.4, -0.2) is 14.8 Å². The van der Waals surface area contributed by atoms with E-state index >= 15 is 0 Å². The Hall–Kier alpha value is -2.76. The van der Waals surface area contributed by atoms with Crippen LogP contribution >= 0.6 is 0 Å². The van der Waals surface area contributed by atoms with Crippen LogP contribution in [0.4, 0.5) is 0 Å². The van der Waals surface area contributed by atoms with E-state index in [0.29, 0.717) is 16.8 Å². The number of nitrogens with zero attached hydrogens (tertiary/aromatic N) is 2. The standard InChI is InChI=1S/C13H10N2O4/c16-11-7-13(17)15(10-4-2-1-3-9(10)11)19-8-12-14-5-6-18-12/h1-7,16H,8H2. The first-order valence-electron chi connectivity index (χ1n) is 5.61. The maximum absolute atomic E-state index is 11.8. The summed E-state index contributed by atoms with van der Waals surface area (Å²) in [6.45, 7) is 0.0294. The van der Waals surface area contributed by atoms with E-state index in [-0.39, 0.29) is 12.4 Å². The minimum absolute atomic E-state index is 0.0294. The number of aromatic hydroxyl groups is 1. The molecule has 19 heavy (non-hydrogen) atoms. The molecule has 3 aromatic rings. The molecule has 0 unspecified atom stereocenters. The van der Waals surface area contributed by atoms with Crippen molar-refractivity contribution in [3.63, 3.8) is 0 Å². The fraction of sp³-hybridized carbons (Fsp3) is 0.0769. The summed E-state index contributed by atoms with van der Waals surface area (Å²) in [4.78, 5) is 21.1. The Bertz CT molecular complexity index is 762. The van der Waals surface area contributed by atoms with Crippen LogP contribution in [0.25, 0.3) is 10.9 Å². The van der Waals surface area contributed by atoms with E-state index in [2.05, 4.69) is 4.98 Å². The first-order chi connectivity index (χ1) is 9.25. The molecule has 0 aliphatic carbocycles. The third kappa shape index (κ3) is 2.03. The van der Waals surface area contributed by atoms with Gasteiger partial charge in [-0.3, -0.25) is 4.79 Å². The summed E-state index contributed by atoms with van der Waals surface area (Å²) in [6.07, 6.45) is 2.92. The van der Waals surface area contributed by atoms with Crippen molar-refractivity contribution in [2.45, 2.75) is 6.61 Å². The molecule has 6 heteroatoms. The molecule has 0 fully saturated rings. The van der Waals surface area contributed by atoms with Crippen molar-refractivity contribution in [3.05, 3.63) is 59.0 Å². The molecule has 2 heterocycles. The Morgan fingerprint density at radius 1 is 1.37 bits per heavy atom. The van der Waals surface area contributed by atoms with Gasteiger partial charge in [0.05, 0.1) is 11.7 Å². The normalized spacial score (nSPS) is 10.7. The van der Waals surface area contributed by atoms with Crippen molar-refractivity contribution in [1.82, 2.24) is 9.71 Å². The zero-order chi connectivity index (χ0) is 13.2. The van der Waals surface area contributed by atoms with E-state index in [0.717, 1.165) is 10.8 Å². The van der Waals surface area contributed by atoms with Crippen LogP contribution in [0, 0.1) is 0 Å². The van der Waals surface area contributed by atoms with Crippen LogP contribution in [0.1, 0.15) is 5.89 Å². The Morgan fingerprint density at radius 3 is 3.00 bits per heavy atom. The zero-order valence-electron chi connectivity index (χ0n) is 9.81. The van der Waals surface area contributed by atoms with Gasteiger partial charge in [0.15, 0.2) is 6.61 Å². The number of aromatic nitrogens is 2. The Labute approximate surface area is 107 Å². The molecule has 0 radical (unpaired) electrons. The average molecular weight is 258 g/mol. The van der Waals surface area contributed by atoms with Crippen molar-refractivity contribution in [3.8, 4) is 5.75 Å². The van der Waals surface area contributed by atoms with Gasteiger partial charge in [-0.15, -0.1) is 4.73 Å². The first-order valence-corrected chi connectivity index (χ1v) is 5.61. The van der Waals surface area contributed by atoms with E-state index in [1.165, 1.54) is 12.5 Å². The predicted octanol–water partition coefficient (Wildman–Crippen LogP) is 1.32. The number of pyridine rings is 1. The van der Waals surface area contributed by atoms with Gasteiger partial charge in [0.2, 0.25) is 5.89 Å². The van der Waals surface area contributed by atoms with Crippen molar-refractivity contribution < 1.29 is 14.4 Å². The van der Waals surface area contributed by atoms with Gasteiger partial charge in [-0.25, -0.2) is 4.98 Å². The van der Waals surface area contributed by atoms with Gasteiger partial charge in [-0.1, -0.05) is 12.1 Å². The number of fused-ring (bicyclic) bond motifs is 1. The Kier molecular flexibility index (Phi) is 2.68. The topological polar surface area (TPSA) is 77.5 Å². The average Bonchev–Trinajstić information content (AvgIpc) is 2.92. The summed E-state index contributed by atoms with van der Waals surface area (Å²) in [5, 5.41) is 10.3. The lowest BCUT2D eigenvalue weighted by Gasteiger charge is -2.10. The lowest BCUT2D eigenvalue weighted by atomic mass is 10.2. The minimum atomic E-state index is -0.456. The van der Waals surface area contributed by atoms with Gasteiger partial charge in [0.25, 0.3) is 5.56 Å². The fourth-order valence-corrected chi connectivity index (χ4v) is 1.82. The molecule has 96 valence electrons. The molecule has 3 rings (SSSR count). The monoisotopic (exact) mass is 258 g/mol. The Balaban J connectivity index is 2.05. The molecule has 0 saturated carbocycles. The number of benzene rings is 1. The first kappa shape index (κ1) is 11.3. The van der Waals surface area contributed by atoms with E-state index in [1.807, 2.05) is 0 Å². The van der Waals surface area contributed by atoms with Crippen molar-refractivity contribution in [1.29, 1.82) is 0 Å². The molecule has 0 saturated heterocycles. The highest BCUT2D eigenvalue weighted by atomic mass is 16.7. The quantitative estimate of drug-likeness (QED) is 0.766. The number of hydrogen-bond donors (Lipinski definition) is 1. The number of rotatable bonds is 3. The van der Waals surface area contributed by atoms with Gasteiger partial charge < -0.3 is 14.4 Å². The predicted molar refractivity (Wildman–Crippen MR) is 66.7 cm³/mol. The van der Waals surface area contributed by atoms with E-state index in [4.69, 9.17) is 9.25 Å². The lowest BCUT2D eigenvalue weighted by molar-refractivity contribution is 0.0834. The fourth-order valence-electron chi connectivity index (χ4n) is 1.82. The highest BCUT2D eigenvalue weighted by Gasteiger charge is 2.09. The minimum Gasteiger partial charge on any atom is -0.507 e. The lowest BCUT2D eigenvalue weighted by Crippen LogP contribution is -2.26. The summed E-state index contributed by atoms with van der Waals surface area (Å²) in [5.41, 5.74) is 0.0295. The van der Waals surface area contributed by atoms with Crippen LogP contribution in [0.15, 0.2) is 52.0 Å². The van der Waals surface area contributed by atoms with E-state index < -0.39 is 5.56 Å². The summed E-state index contributed by atoms with van der Waals surface area (Å²) in [7, 11) is 0. The molecular weight excluding hydrogens is 248 g/mol. The van der Waals surface area contributed by atoms with Crippen molar-refractivity contribution >= 4 is 10.9 Å². The molecule has 0 aliphatic rings. The van der Waals surface area contributed by atoms with Gasteiger partial charge in [-0.2, -0.15) is 0 Å². The Morgan fingerprint density at radius 2 is 2.21 bits per heavy atom. The molecule has 0 amide bonds. The SMILES string of the molecule is O=c1cc(O)c2ccccc2n1OCc1ncco1. The smallest absolute Gasteiger partial charge is 0.287 e. The van der Waals surface area contributed by atoms with Crippen molar-refractivity contribution in [2.24, 2.45) is 0 Å². The molecule has 0 atom stereocenters. The molecule has 2 aromatic heterocycles. The molecule has 0 bridgehead atoms. The molecule has 6 nitrogen and oxygen atoms in total. The van der Waals surface area contributed by atoms with Gasteiger partial charge in [0.1, 0.15) is 12.0 Å². The number of hydrogen-bond acceptors (Lipinski definition) is 5. The molecule has 0 spiro atoms. The highest BCUT2D eigenvalue weighted by molar-refractivity contribution is 5.84. The number of para-hydroxylation sites is 1.